The van der Waals surface area contributed by atoms with Crippen molar-refractivity contribution in [2.75, 3.05) is 9.80 Å². The Bertz CT molecular complexity index is 2540. The Labute approximate surface area is 310 Å². The SMILES string of the molecule is Cc1ccc2c(c1)C1(c3ccccc3-c3ccc(N(c4ccccc4)c4ccc(N(c5ccccc5)c5ccccc5)cc4)cc31)c1cc([NH-])ccc1-2. The monoisotopic (exact) mass is 678 g/mol. The normalized spacial score (nSPS) is 14.7. The first kappa shape index (κ1) is 30.9. The number of para-hydroxylation sites is 3. The van der Waals surface area contributed by atoms with E-state index in [0.717, 1.165) is 34.1 Å². The Balaban J connectivity index is 1.17. The van der Waals surface area contributed by atoms with Gasteiger partial charge in [0.05, 0.1) is 5.41 Å². The molecule has 0 bridgehead atoms. The highest BCUT2D eigenvalue weighted by Crippen LogP contribution is 2.64. The van der Waals surface area contributed by atoms with Gasteiger partial charge in [-0.2, -0.15) is 0 Å². The predicted molar refractivity (Wildman–Crippen MR) is 221 cm³/mol. The second-order valence-corrected chi connectivity index (χ2v) is 14.0. The molecule has 8 aromatic carbocycles. The van der Waals surface area contributed by atoms with Gasteiger partial charge in [0.15, 0.2) is 0 Å². The van der Waals surface area contributed by atoms with Crippen LogP contribution in [0.4, 0.5) is 39.8 Å². The van der Waals surface area contributed by atoms with E-state index in [2.05, 4.69) is 205 Å². The molecule has 0 saturated heterocycles. The van der Waals surface area contributed by atoms with Gasteiger partial charge in [-0.1, -0.05) is 127 Å². The van der Waals surface area contributed by atoms with Crippen molar-refractivity contribution in [1.29, 1.82) is 0 Å². The Kier molecular flexibility index (Phi) is 7.09. The molecule has 0 aliphatic heterocycles. The molecule has 0 amide bonds. The summed E-state index contributed by atoms with van der Waals surface area (Å²) >= 11 is 0. The van der Waals surface area contributed by atoms with Crippen LogP contribution in [0.2, 0.25) is 0 Å². The minimum Gasteiger partial charge on any atom is -0.699 e. The smallest absolute Gasteiger partial charge is 0.0725 e. The zero-order valence-corrected chi connectivity index (χ0v) is 29.4. The lowest BCUT2D eigenvalue weighted by Crippen LogP contribution is -2.26. The highest BCUT2D eigenvalue weighted by Gasteiger charge is 2.51. The minimum atomic E-state index is -0.534. The van der Waals surface area contributed by atoms with Gasteiger partial charge in [0.1, 0.15) is 0 Å². The standard InChI is InChI=1S/C50H36N3/c1-34-21-28-43-44-29-22-35(51)32-48(44)50(47(43)31-34)46-20-12-11-19-42(46)45-30-27-41(33-49(45)50)53(38-17-9-4-10-18-38)40-25-23-39(24-26-40)52(36-13-5-2-6-14-36)37-15-7-3-8-16-37/h2-33,51H,1H3/q-1. The van der Waals surface area contributed by atoms with Crippen molar-refractivity contribution in [3.63, 3.8) is 0 Å². The molecule has 10 rings (SSSR count). The predicted octanol–water partition coefficient (Wildman–Crippen LogP) is 14.0. The van der Waals surface area contributed by atoms with Crippen LogP contribution < -0.4 is 9.80 Å². The van der Waals surface area contributed by atoms with E-state index in [0.29, 0.717) is 5.69 Å². The summed E-state index contributed by atoms with van der Waals surface area (Å²) in [5.41, 5.74) is 26.5. The number of hydrogen-bond acceptors (Lipinski definition) is 2. The van der Waals surface area contributed by atoms with Gasteiger partial charge in [0, 0.05) is 34.1 Å². The van der Waals surface area contributed by atoms with E-state index in [1.165, 1.54) is 50.1 Å². The molecule has 0 heterocycles. The number of anilines is 6. The maximum atomic E-state index is 8.81. The summed E-state index contributed by atoms with van der Waals surface area (Å²) in [6.07, 6.45) is 0. The molecule has 53 heavy (non-hydrogen) atoms. The number of fused-ring (bicyclic) bond motifs is 10. The average molecular weight is 679 g/mol. The van der Waals surface area contributed by atoms with Gasteiger partial charge in [-0.25, -0.2) is 0 Å². The van der Waals surface area contributed by atoms with Gasteiger partial charge in [0.25, 0.3) is 0 Å². The fourth-order valence-electron chi connectivity index (χ4n) is 8.80. The Morgan fingerprint density at radius 2 is 0.736 bits per heavy atom. The molecule has 1 spiro atoms. The van der Waals surface area contributed by atoms with Gasteiger partial charge in [-0.05, 0) is 124 Å². The molecule has 3 nitrogen and oxygen atoms in total. The van der Waals surface area contributed by atoms with Crippen molar-refractivity contribution < 1.29 is 0 Å². The maximum Gasteiger partial charge on any atom is 0.0725 e. The number of rotatable bonds is 6. The van der Waals surface area contributed by atoms with E-state index in [4.69, 9.17) is 5.73 Å². The van der Waals surface area contributed by atoms with Crippen LogP contribution in [0.1, 0.15) is 27.8 Å². The van der Waals surface area contributed by atoms with Crippen LogP contribution in [0.3, 0.4) is 0 Å². The number of nitrogens with one attached hydrogen (secondary N) is 1. The summed E-state index contributed by atoms with van der Waals surface area (Å²) in [5.74, 6) is 0. The summed E-state index contributed by atoms with van der Waals surface area (Å²) in [7, 11) is 0. The Morgan fingerprint density at radius 1 is 0.340 bits per heavy atom. The van der Waals surface area contributed by atoms with Crippen LogP contribution in [-0.2, 0) is 5.41 Å². The number of hydrogen-bond donors (Lipinski definition) is 0. The molecule has 8 aromatic rings. The topological polar surface area (TPSA) is 30.3 Å². The van der Waals surface area contributed by atoms with Crippen molar-refractivity contribution in [3.05, 3.63) is 228 Å². The van der Waals surface area contributed by atoms with Crippen LogP contribution in [0.25, 0.3) is 28.0 Å². The number of aryl methyl sites for hydroxylation is 1. The second kappa shape index (κ2) is 12.1. The fraction of sp³-hybridized carbons (Fsp3) is 0.0400. The zero-order valence-electron chi connectivity index (χ0n) is 29.4. The average Bonchev–Trinajstić information content (AvgIpc) is 3.66. The first-order valence-corrected chi connectivity index (χ1v) is 18.2. The largest absolute Gasteiger partial charge is 0.699 e. The highest BCUT2D eigenvalue weighted by atomic mass is 15.2. The van der Waals surface area contributed by atoms with E-state index < -0.39 is 5.41 Å². The third-order valence-electron chi connectivity index (χ3n) is 11.0. The summed E-state index contributed by atoms with van der Waals surface area (Å²) in [5, 5.41) is 0. The number of benzene rings is 8. The zero-order chi connectivity index (χ0) is 35.5. The van der Waals surface area contributed by atoms with Crippen molar-refractivity contribution in [1.82, 2.24) is 0 Å². The second-order valence-electron chi connectivity index (χ2n) is 14.0. The molecule has 0 fully saturated rings. The third kappa shape index (κ3) is 4.74. The van der Waals surface area contributed by atoms with Crippen molar-refractivity contribution >= 4 is 39.8 Å². The molecule has 1 N–H and O–H groups in total. The molecule has 1 unspecified atom stereocenters. The van der Waals surface area contributed by atoms with E-state index in [-0.39, 0.29) is 0 Å². The molecule has 0 aromatic heterocycles. The quantitative estimate of drug-likeness (QED) is 0.175. The molecule has 2 aliphatic carbocycles. The van der Waals surface area contributed by atoms with Gasteiger partial charge >= 0.3 is 0 Å². The number of nitrogens with zero attached hydrogens (tertiary/aromatic N) is 2. The first-order chi connectivity index (χ1) is 26.1. The molecule has 1 atom stereocenters. The van der Waals surface area contributed by atoms with Crippen LogP contribution in [-0.4, -0.2) is 0 Å². The Morgan fingerprint density at radius 3 is 1.32 bits per heavy atom. The van der Waals surface area contributed by atoms with Crippen LogP contribution in [0, 0.1) is 6.92 Å². The lowest BCUT2D eigenvalue weighted by Gasteiger charge is -2.33. The highest BCUT2D eigenvalue weighted by molar-refractivity contribution is 5.97. The van der Waals surface area contributed by atoms with Gasteiger partial charge in [0.2, 0.25) is 0 Å². The molecule has 2 aliphatic rings. The van der Waals surface area contributed by atoms with Crippen LogP contribution >= 0.6 is 0 Å². The lowest BCUT2D eigenvalue weighted by molar-refractivity contribution is 0.793. The summed E-state index contributed by atoms with van der Waals surface area (Å²) in [6, 6.07) is 69.5. The van der Waals surface area contributed by atoms with Crippen molar-refractivity contribution in [3.8, 4) is 22.3 Å². The third-order valence-corrected chi connectivity index (χ3v) is 11.0. The molecular formula is C50H36N3-. The fourth-order valence-corrected chi connectivity index (χ4v) is 8.80. The maximum absolute atomic E-state index is 8.81. The van der Waals surface area contributed by atoms with Crippen molar-refractivity contribution in [2.24, 2.45) is 0 Å². The molecule has 0 saturated carbocycles. The molecular weight excluding hydrogens is 643 g/mol. The lowest BCUT2D eigenvalue weighted by atomic mass is 9.70. The Hall–Kier alpha value is -6.84. The van der Waals surface area contributed by atoms with Crippen LogP contribution in [0.15, 0.2) is 194 Å². The summed E-state index contributed by atoms with van der Waals surface area (Å²) in [4.78, 5) is 4.66. The van der Waals surface area contributed by atoms with E-state index in [9.17, 15) is 0 Å². The van der Waals surface area contributed by atoms with Gasteiger partial charge < -0.3 is 15.5 Å². The molecule has 3 heteroatoms. The van der Waals surface area contributed by atoms with E-state index in [1.807, 2.05) is 6.07 Å². The van der Waals surface area contributed by atoms with E-state index in [1.54, 1.807) is 0 Å². The first-order valence-electron chi connectivity index (χ1n) is 18.2. The van der Waals surface area contributed by atoms with Gasteiger partial charge in [-0.15, -0.1) is 5.69 Å². The molecule has 0 radical (unpaired) electrons. The van der Waals surface area contributed by atoms with Gasteiger partial charge in [-0.3, -0.25) is 0 Å². The summed E-state index contributed by atoms with van der Waals surface area (Å²) < 4.78 is 0. The van der Waals surface area contributed by atoms with Crippen LogP contribution in [0.5, 0.6) is 0 Å². The summed E-state index contributed by atoms with van der Waals surface area (Å²) in [6.45, 7) is 2.18. The molecule has 252 valence electrons. The van der Waals surface area contributed by atoms with Crippen molar-refractivity contribution in [2.45, 2.75) is 12.3 Å². The van der Waals surface area contributed by atoms with E-state index >= 15 is 0 Å². The minimum absolute atomic E-state index is 0.529.